The summed E-state index contributed by atoms with van der Waals surface area (Å²) in [4.78, 5) is 33.3. The number of nitro groups is 1. The Balaban J connectivity index is 2.67. The molecule has 0 radical (unpaired) electrons. The molecule has 1 aromatic carbocycles. The van der Waals surface area contributed by atoms with Gasteiger partial charge in [0.1, 0.15) is 11.1 Å². The summed E-state index contributed by atoms with van der Waals surface area (Å²) in [5, 5.41) is 25.2. The smallest absolute Gasteiger partial charge is 0.321 e. The predicted octanol–water partition coefficient (Wildman–Crippen LogP) is 2.67. The molecule has 0 fully saturated rings. The van der Waals surface area contributed by atoms with Gasteiger partial charge in [-0.2, -0.15) is 0 Å². The molecule has 1 atom stereocenters. The van der Waals surface area contributed by atoms with E-state index in [1.165, 1.54) is 12.1 Å². The van der Waals surface area contributed by atoms with Crippen molar-refractivity contribution in [2.75, 3.05) is 11.9 Å². The summed E-state index contributed by atoms with van der Waals surface area (Å²) in [6.07, 6.45) is 0.499. The molecule has 0 heterocycles. The van der Waals surface area contributed by atoms with E-state index in [9.17, 15) is 19.7 Å². The van der Waals surface area contributed by atoms with Gasteiger partial charge in [0.25, 0.3) is 5.69 Å². The Hall–Kier alpha value is -2.19. The minimum absolute atomic E-state index is 0.0447. The maximum absolute atomic E-state index is 12.0. The SMILES string of the molecule is CC(C)CCNC(CC(=O)Nc1ccc(Cl)c([N+](=O)[O-])c1)C(=O)O. The topological polar surface area (TPSA) is 122 Å². The van der Waals surface area contributed by atoms with E-state index in [-0.39, 0.29) is 22.8 Å². The third-order valence-corrected chi connectivity index (χ3v) is 3.55. The highest BCUT2D eigenvalue weighted by atomic mass is 35.5. The van der Waals surface area contributed by atoms with Gasteiger partial charge in [0.2, 0.25) is 5.91 Å². The van der Waals surface area contributed by atoms with Gasteiger partial charge >= 0.3 is 5.97 Å². The van der Waals surface area contributed by atoms with Crippen molar-refractivity contribution in [2.24, 2.45) is 5.92 Å². The Bertz CT molecular complexity index is 621. The van der Waals surface area contributed by atoms with Gasteiger partial charge in [-0.3, -0.25) is 19.7 Å². The molecule has 1 aromatic rings. The zero-order chi connectivity index (χ0) is 18.3. The summed E-state index contributed by atoms with van der Waals surface area (Å²) in [5.41, 5.74) is -0.151. The van der Waals surface area contributed by atoms with Gasteiger partial charge in [0, 0.05) is 11.8 Å². The number of halogens is 1. The number of carboxylic acid groups (broad SMARTS) is 1. The molecule has 132 valence electrons. The third kappa shape index (κ3) is 6.51. The van der Waals surface area contributed by atoms with Crippen molar-refractivity contribution in [3.63, 3.8) is 0 Å². The molecule has 0 aliphatic heterocycles. The minimum atomic E-state index is -1.13. The first-order valence-electron chi connectivity index (χ1n) is 7.40. The van der Waals surface area contributed by atoms with Gasteiger partial charge < -0.3 is 15.7 Å². The zero-order valence-corrected chi connectivity index (χ0v) is 14.2. The fourth-order valence-electron chi connectivity index (χ4n) is 1.92. The molecule has 1 amide bonds. The summed E-state index contributed by atoms with van der Waals surface area (Å²) in [6.45, 7) is 4.50. The Kier molecular flexibility index (Phi) is 7.60. The number of nitro benzene ring substituents is 1. The number of benzene rings is 1. The average molecular weight is 358 g/mol. The lowest BCUT2D eigenvalue weighted by atomic mass is 10.1. The molecule has 1 unspecified atom stereocenters. The number of anilines is 1. The quantitative estimate of drug-likeness (QED) is 0.461. The molecule has 8 nitrogen and oxygen atoms in total. The van der Waals surface area contributed by atoms with Crippen LogP contribution >= 0.6 is 11.6 Å². The molecular formula is C15H20ClN3O5. The maximum atomic E-state index is 12.0. The molecule has 0 bridgehead atoms. The van der Waals surface area contributed by atoms with Crippen LogP contribution in [0.3, 0.4) is 0 Å². The van der Waals surface area contributed by atoms with Crippen molar-refractivity contribution in [2.45, 2.75) is 32.7 Å². The first kappa shape index (κ1) is 19.9. The van der Waals surface area contributed by atoms with E-state index in [2.05, 4.69) is 10.6 Å². The summed E-state index contributed by atoms with van der Waals surface area (Å²) in [5.74, 6) is -1.28. The van der Waals surface area contributed by atoms with E-state index < -0.39 is 22.8 Å². The number of nitrogens with one attached hydrogen (secondary N) is 2. The second kappa shape index (κ2) is 9.19. The summed E-state index contributed by atoms with van der Waals surface area (Å²) in [7, 11) is 0. The van der Waals surface area contributed by atoms with Crippen molar-refractivity contribution in [3.05, 3.63) is 33.3 Å². The lowest BCUT2D eigenvalue weighted by Crippen LogP contribution is -2.40. The fourth-order valence-corrected chi connectivity index (χ4v) is 2.11. The normalized spacial score (nSPS) is 12.0. The van der Waals surface area contributed by atoms with E-state index in [1.807, 2.05) is 13.8 Å². The molecule has 1 rings (SSSR count). The molecule has 0 aliphatic rings. The number of amides is 1. The van der Waals surface area contributed by atoms with E-state index in [1.54, 1.807) is 0 Å². The predicted molar refractivity (Wildman–Crippen MR) is 90.2 cm³/mol. The van der Waals surface area contributed by atoms with Crippen molar-refractivity contribution in [1.82, 2.24) is 5.32 Å². The Morgan fingerprint density at radius 2 is 2.04 bits per heavy atom. The van der Waals surface area contributed by atoms with Crippen molar-refractivity contribution in [1.29, 1.82) is 0 Å². The summed E-state index contributed by atoms with van der Waals surface area (Å²) < 4.78 is 0. The molecule has 9 heteroatoms. The van der Waals surface area contributed by atoms with Crippen LogP contribution in [0.1, 0.15) is 26.7 Å². The van der Waals surface area contributed by atoms with Crippen LogP contribution in [0.4, 0.5) is 11.4 Å². The first-order chi connectivity index (χ1) is 11.2. The van der Waals surface area contributed by atoms with Gasteiger partial charge in [-0.15, -0.1) is 0 Å². The third-order valence-electron chi connectivity index (χ3n) is 3.23. The number of carbonyl (C=O) groups excluding carboxylic acids is 1. The van der Waals surface area contributed by atoms with Gasteiger partial charge in [0.05, 0.1) is 11.3 Å². The largest absolute Gasteiger partial charge is 0.480 e. The van der Waals surface area contributed by atoms with Crippen LogP contribution in [0, 0.1) is 16.0 Å². The second-order valence-corrected chi connectivity index (χ2v) is 6.11. The number of hydrogen-bond donors (Lipinski definition) is 3. The fraction of sp³-hybridized carbons (Fsp3) is 0.467. The van der Waals surface area contributed by atoms with Gasteiger partial charge in [-0.25, -0.2) is 0 Å². The number of aliphatic carboxylic acids is 1. The molecular weight excluding hydrogens is 338 g/mol. The van der Waals surface area contributed by atoms with E-state index in [4.69, 9.17) is 16.7 Å². The lowest BCUT2D eigenvalue weighted by molar-refractivity contribution is -0.384. The van der Waals surface area contributed by atoms with Crippen LogP contribution in [0.2, 0.25) is 5.02 Å². The van der Waals surface area contributed by atoms with Crippen LogP contribution in [0.25, 0.3) is 0 Å². The highest BCUT2D eigenvalue weighted by molar-refractivity contribution is 6.32. The second-order valence-electron chi connectivity index (χ2n) is 5.70. The van der Waals surface area contributed by atoms with Crippen molar-refractivity contribution in [3.8, 4) is 0 Å². The van der Waals surface area contributed by atoms with Gasteiger partial charge in [-0.1, -0.05) is 25.4 Å². The van der Waals surface area contributed by atoms with Crippen molar-refractivity contribution < 1.29 is 19.6 Å². The highest BCUT2D eigenvalue weighted by Gasteiger charge is 2.21. The summed E-state index contributed by atoms with van der Waals surface area (Å²) >= 11 is 5.69. The Morgan fingerprint density at radius 1 is 1.38 bits per heavy atom. The van der Waals surface area contributed by atoms with E-state index in [0.29, 0.717) is 12.5 Å². The molecule has 24 heavy (non-hydrogen) atoms. The molecule has 0 aliphatic carbocycles. The number of rotatable bonds is 9. The van der Waals surface area contributed by atoms with Crippen LogP contribution in [0.15, 0.2) is 18.2 Å². The average Bonchev–Trinajstić information content (AvgIpc) is 2.47. The number of nitrogens with zero attached hydrogens (tertiary/aromatic N) is 1. The molecule has 3 N–H and O–H groups in total. The molecule has 0 saturated heterocycles. The Labute approximate surface area is 144 Å². The molecule has 0 saturated carbocycles. The van der Waals surface area contributed by atoms with Crippen LogP contribution < -0.4 is 10.6 Å². The van der Waals surface area contributed by atoms with Crippen LogP contribution in [0.5, 0.6) is 0 Å². The first-order valence-corrected chi connectivity index (χ1v) is 7.78. The van der Waals surface area contributed by atoms with E-state index >= 15 is 0 Å². The van der Waals surface area contributed by atoms with Crippen molar-refractivity contribution >= 4 is 34.9 Å². The molecule has 0 aromatic heterocycles. The number of carbonyl (C=O) groups is 2. The standard InChI is InChI=1S/C15H20ClN3O5/c1-9(2)5-6-17-12(15(21)22)8-14(20)18-10-3-4-11(16)13(7-10)19(23)24/h3-4,7,9,12,17H,5-6,8H2,1-2H3,(H,18,20)(H,21,22). The zero-order valence-electron chi connectivity index (χ0n) is 13.4. The highest BCUT2D eigenvalue weighted by Crippen LogP contribution is 2.27. The summed E-state index contributed by atoms with van der Waals surface area (Å²) in [6, 6.07) is 2.81. The van der Waals surface area contributed by atoms with E-state index in [0.717, 1.165) is 12.5 Å². The lowest BCUT2D eigenvalue weighted by Gasteiger charge is -2.15. The molecule has 0 spiro atoms. The van der Waals surface area contributed by atoms with Crippen LogP contribution in [-0.2, 0) is 9.59 Å². The Morgan fingerprint density at radius 3 is 2.58 bits per heavy atom. The number of hydrogen-bond acceptors (Lipinski definition) is 5. The van der Waals surface area contributed by atoms with Gasteiger partial charge in [0.15, 0.2) is 0 Å². The number of carboxylic acids is 1. The monoisotopic (exact) mass is 357 g/mol. The maximum Gasteiger partial charge on any atom is 0.321 e. The van der Waals surface area contributed by atoms with Crippen LogP contribution in [-0.4, -0.2) is 34.5 Å². The van der Waals surface area contributed by atoms with Gasteiger partial charge in [-0.05, 0) is 31.0 Å². The minimum Gasteiger partial charge on any atom is -0.480 e.